The molecular weight excluding hydrogens is 236 g/mol. The summed E-state index contributed by atoms with van der Waals surface area (Å²) in [4.78, 5) is 34.4. The van der Waals surface area contributed by atoms with E-state index in [4.69, 9.17) is 4.74 Å². The van der Waals surface area contributed by atoms with Gasteiger partial charge in [-0.05, 0) is 34.1 Å². The summed E-state index contributed by atoms with van der Waals surface area (Å²) in [5, 5.41) is 5.08. The van der Waals surface area contributed by atoms with Gasteiger partial charge in [0.1, 0.15) is 17.7 Å². The van der Waals surface area contributed by atoms with Gasteiger partial charge in [0, 0.05) is 6.42 Å². The van der Waals surface area contributed by atoms with Crippen molar-refractivity contribution in [3.8, 4) is 0 Å². The third kappa shape index (κ3) is 4.35. The average molecular weight is 256 g/mol. The third-order valence-electron chi connectivity index (χ3n) is 2.43. The minimum Gasteiger partial charge on any atom is -0.458 e. The number of hydrogen-bond acceptors (Lipinski definition) is 4. The maximum Gasteiger partial charge on any atom is 0.328 e. The predicted molar refractivity (Wildman–Crippen MR) is 64.6 cm³/mol. The molecule has 1 fully saturated rings. The van der Waals surface area contributed by atoms with Crippen molar-refractivity contribution >= 4 is 17.8 Å². The molecule has 0 aliphatic carbocycles. The van der Waals surface area contributed by atoms with E-state index in [0.717, 1.165) is 0 Å². The summed E-state index contributed by atoms with van der Waals surface area (Å²) in [6, 6.07) is -1.27. The fourth-order valence-corrected chi connectivity index (χ4v) is 1.57. The molecule has 1 aliphatic rings. The zero-order valence-corrected chi connectivity index (χ0v) is 11.2. The monoisotopic (exact) mass is 256 g/mol. The number of hydrogen-bond donors (Lipinski definition) is 2. The van der Waals surface area contributed by atoms with E-state index in [1.165, 1.54) is 0 Å². The van der Waals surface area contributed by atoms with Gasteiger partial charge in [-0.3, -0.25) is 9.59 Å². The Hall–Kier alpha value is -1.59. The van der Waals surface area contributed by atoms with Crippen molar-refractivity contribution in [2.75, 3.05) is 0 Å². The van der Waals surface area contributed by atoms with E-state index in [9.17, 15) is 14.4 Å². The predicted octanol–water partition coefficient (Wildman–Crippen LogP) is 0.111. The van der Waals surface area contributed by atoms with Crippen LogP contribution in [0.2, 0.25) is 0 Å². The molecule has 0 saturated carbocycles. The van der Waals surface area contributed by atoms with E-state index in [-0.39, 0.29) is 11.8 Å². The number of carbonyl (C=O) groups excluding carboxylic acids is 3. The molecule has 1 rings (SSSR count). The molecule has 102 valence electrons. The normalized spacial score (nSPS) is 21.1. The lowest BCUT2D eigenvalue weighted by molar-refractivity contribution is -0.158. The maximum atomic E-state index is 11.7. The van der Waals surface area contributed by atoms with Crippen molar-refractivity contribution in [2.45, 2.75) is 58.2 Å². The van der Waals surface area contributed by atoms with Crippen LogP contribution in [0.3, 0.4) is 0 Å². The molecule has 2 N–H and O–H groups in total. The van der Waals surface area contributed by atoms with E-state index >= 15 is 0 Å². The van der Waals surface area contributed by atoms with E-state index in [0.29, 0.717) is 12.8 Å². The van der Waals surface area contributed by atoms with E-state index in [1.54, 1.807) is 27.7 Å². The zero-order valence-electron chi connectivity index (χ0n) is 11.2. The molecule has 0 aromatic heterocycles. The Balaban J connectivity index is 2.44. The lowest BCUT2D eigenvalue weighted by Gasteiger charge is -2.23. The SMILES string of the molecule is C[C@@H](NC(=O)[C@@H]1CCC(=O)N1)C(=O)OC(C)(C)C. The molecule has 2 amide bonds. The van der Waals surface area contributed by atoms with Crippen molar-refractivity contribution in [2.24, 2.45) is 0 Å². The van der Waals surface area contributed by atoms with Crippen LogP contribution in [0, 0.1) is 0 Å². The molecule has 18 heavy (non-hydrogen) atoms. The fourth-order valence-electron chi connectivity index (χ4n) is 1.57. The topological polar surface area (TPSA) is 84.5 Å². The first-order chi connectivity index (χ1) is 8.19. The molecule has 0 spiro atoms. The van der Waals surface area contributed by atoms with Crippen LogP contribution < -0.4 is 10.6 Å². The van der Waals surface area contributed by atoms with Crippen molar-refractivity contribution in [1.82, 2.24) is 10.6 Å². The highest BCUT2D eigenvalue weighted by Crippen LogP contribution is 2.09. The molecule has 6 heteroatoms. The number of carbonyl (C=O) groups is 3. The summed E-state index contributed by atoms with van der Waals surface area (Å²) in [5.41, 5.74) is -0.586. The number of ether oxygens (including phenoxy) is 1. The molecule has 0 bridgehead atoms. The standard InChI is InChI=1S/C12H20N2O4/c1-7(11(17)18-12(2,3)4)13-10(16)8-5-6-9(15)14-8/h7-8H,5-6H2,1-4H3,(H,13,16)(H,14,15)/t7-,8+/m1/s1. The van der Waals surface area contributed by atoms with Crippen LogP contribution in [0.5, 0.6) is 0 Å². The first kappa shape index (κ1) is 14.5. The number of esters is 1. The van der Waals surface area contributed by atoms with Gasteiger partial charge < -0.3 is 15.4 Å². The van der Waals surface area contributed by atoms with Gasteiger partial charge in [-0.15, -0.1) is 0 Å². The average Bonchev–Trinajstić information content (AvgIpc) is 2.62. The molecule has 6 nitrogen and oxygen atoms in total. The molecule has 1 heterocycles. The largest absolute Gasteiger partial charge is 0.458 e. The summed E-state index contributed by atoms with van der Waals surface area (Å²) in [5.74, 6) is -0.973. The molecule has 0 aromatic rings. The van der Waals surface area contributed by atoms with Crippen LogP contribution in [0.15, 0.2) is 0 Å². The molecule has 1 aliphatic heterocycles. The molecule has 0 radical (unpaired) electrons. The Morgan fingerprint density at radius 2 is 2.06 bits per heavy atom. The molecular formula is C12H20N2O4. The van der Waals surface area contributed by atoms with Gasteiger partial charge in [0.15, 0.2) is 0 Å². The Morgan fingerprint density at radius 3 is 2.50 bits per heavy atom. The highest BCUT2D eigenvalue weighted by molar-refractivity contribution is 5.92. The van der Waals surface area contributed by atoms with Crippen molar-refractivity contribution in [3.05, 3.63) is 0 Å². The van der Waals surface area contributed by atoms with Crippen molar-refractivity contribution in [1.29, 1.82) is 0 Å². The van der Waals surface area contributed by atoms with Crippen LogP contribution in [0.4, 0.5) is 0 Å². The van der Waals surface area contributed by atoms with Gasteiger partial charge in [0.2, 0.25) is 11.8 Å². The molecule has 1 saturated heterocycles. The van der Waals surface area contributed by atoms with Gasteiger partial charge in [0.05, 0.1) is 0 Å². The second-order valence-electron chi connectivity index (χ2n) is 5.42. The highest BCUT2D eigenvalue weighted by Gasteiger charge is 2.30. The molecule has 0 aromatic carbocycles. The summed E-state index contributed by atoms with van der Waals surface area (Å²) in [7, 11) is 0. The summed E-state index contributed by atoms with van der Waals surface area (Å²) in [6.07, 6.45) is 0.810. The number of amides is 2. The van der Waals surface area contributed by atoms with Crippen LogP contribution in [-0.4, -0.2) is 35.5 Å². The fraction of sp³-hybridized carbons (Fsp3) is 0.750. The second-order valence-corrected chi connectivity index (χ2v) is 5.42. The van der Waals surface area contributed by atoms with Gasteiger partial charge in [-0.2, -0.15) is 0 Å². The zero-order chi connectivity index (χ0) is 13.9. The highest BCUT2D eigenvalue weighted by atomic mass is 16.6. The third-order valence-corrected chi connectivity index (χ3v) is 2.43. The Labute approximate surface area is 106 Å². The number of rotatable bonds is 3. The Morgan fingerprint density at radius 1 is 1.44 bits per heavy atom. The van der Waals surface area contributed by atoms with E-state index in [2.05, 4.69) is 10.6 Å². The van der Waals surface area contributed by atoms with Crippen LogP contribution >= 0.6 is 0 Å². The lowest BCUT2D eigenvalue weighted by atomic mass is 10.2. The molecule has 2 atom stereocenters. The lowest BCUT2D eigenvalue weighted by Crippen LogP contribution is -2.48. The van der Waals surface area contributed by atoms with Crippen LogP contribution in [-0.2, 0) is 19.1 Å². The first-order valence-corrected chi connectivity index (χ1v) is 6.01. The van der Waals surface area contributed by atoms with Crippen LogP contribution in [0.1, 0.15) is 40.5 Å². The van der Waals surface area contributed by atoms with E-state index in [1.807, 2.05) is 0 Å². The maximum absolute atomic E-state index is 11.7. The van der Waals surface area contributed by atoms with E-state index < -0.39 is 23.7 Å². The van der Waals surface area contributed by atoms with Gasteiger partial charge in [0.25, 0.3) is 0 Å². The first-order valence-electron chi connectivity index (χ1n) is 6.01. The summed E-state index contributed by atoms with van der Waals surface area (Å²) >= 11 is 0. The Kier molecular flexibility index (Phi) is 4.32. The van der Waals surface area contributed by atoms with Gasteiger partial charge >= 0.3 is 5.97 Å². The quantitative estimate of drug-likeness (QED) is 0.702. The molecule has 0 unspecified atom stereocenters. The minimum absolute atomic E-state index is 0.139. The van der Waals surface area contributed by atoms with Crippen molar-refractivity contribution < 1.29 is 19.1 Å². The Bertz CT molecular complexity index is 360. The second kappa shape index (κ2) is 5.37. The number of nitrogens with one attached hydrogen (secondary N) is 2. The van der Waals surface area contributed by atoms with Gasteiger partial charge in [-0.25, -0.2) is 4.79 Å². The van der Waals surface area contributed by atoms with Crippen molar-refractivity contribution in [3.63, 3.8) is 0 Å². The minimum atomic E-state index is -0.728. The summed E-state index contributed by atoms with van der Waals surface area (Å²) < 4.78 is 5.14. The van der Waals surface area contributed by atoms with Gasteiger partial charge in [-0.1, -0.05) is 0 Å². The van der Waals surface area contributed by atoms with Crippen LogP contribution in [0.25, 0.3) is 0 Å². The summed E-state index contributed by atoms with van der Waals surface area (Å²) in [6.45, 7) is 6.84. The smallest absolute Gasteiger partial charge is 0.328 e.